The minimum atomic E-state index is 0.250. The molecule has 0 aliphatic carbocycles. The number of anilines is 1. The molecule has 3 rings (SSSR count). The molecule has 0 unspecified atom stereocenters. The van der Waals surface area contributed by atoms with Crippen molar-refractivity contribution >= 4 is 22.9 Å². The van der Waals surface area contributed by atoms with E-state index in [2.05, 4.69) is 23.6 Å². The fraction of sp³-hybridized carbons (Fsp3) is 0.353. The van der Waals surface area contributed by atoms with Crippen LogP contribution in [0.15, 0.2) is 35.7 Å². The van der Waals surface area contributed by atoms with E-state index in [1.165, 1.54) is 10.4 Å². The molecule has 1 amide bonds. The number of hydrogen-bond acceptors (Lipinski definition) is 3. The maximum atomic E-state index is 12.3. The monoisotopic (exact) mass is 300 g/mol. The van der Waals surface area contributed by atoms with Crippen LogP contribution in [0.25, 0.3) is 0 Å². The first-order valence-electron chi connectivity index (χ1n) is 7.40. The molecular formula is C17H20N2OS. The zero-order valence-electron chi connectivity index (χ0n) is 12.0. The summed E-state index contributed by atoms with van der Waals surface area (Å²) in [5.41, 5.74) is 9.26. The number of carbonyl (C=O) groups excluding carboxylic acids is 1. The highest BCUT2D eigenvalue weighted by Gasteiger charge is 2.21. The normalized spacial score (nSPS) is 14.0. The van der Waals surface area contributed by atoms with Gasteiger partial charge in [0.1, 0.15) is 0 Å². The number of nitrogen functional groups attached to an aromatic ring is 1. The Bertz CT molecular complexity index is 622. The third-order valence-electron chi connectivity index (χ3n) is 4.06. The predicted molar refractivity (Wildman–Crippen MR) is 87.2 cm³/mol. The standard InChI is InChI=1S/C17H20N2OS/c18-16-7-1-4-13-9-10-19(12-15(13)16)17(20)8-2-5-14-6-3-11-21-14/h1,3-4,6-7,11H,2,5,8-10,12,18H2. The van der Waals surface area contributed by atoms with E-state index in [-0.39, 0.29) is 5.91 Å². The molecule has 4 heteroatoms. The quantitative estimate of drug-likeness (QED) is 0.881. The average Bonchev–Trinajstić information content (AvgIpc) is 3.00. The summed E-state index contributed by atoms with van der Waals surface area (Å²) in [6.45, 7) is 1.48. The molecule has 1 aliphatic heterocycles. The van der Waals surface area contributed by atoms with Crippen LogP contribution in [0.3, 0.4) is 0 Å². The largest absolute Gasteiger partial charge is 0.398 e. The first-order valence-corrected chi connectivity index (χ1v) is 8.28. The minimum Gasteiger partial charge on any atom is -0.398 e. The van der Waals surface area contributed by atoms with Gasteiger partial charge in [-0.3, -0.25) is 4.79 Å². The van der Waals surface area contributed by atoms with Gasteiger partial charge in [0.15, 0.2) is 0 Å². The summed E-state index contributed by atoms with van der Waals surface area (Å²) in [6.07, 6.45) is 3.46. The van der Waals surface area contributed by atoms with Crippen LogP contribution in [0.4, 0.5) is 5.69 Å². The lowest BCUT2D eigenvalue weighted by molar-refractivity contribution is -0.132. The molecule has 2 heterocycles. The zero-order valence-corrected chi connectivity index (χ0v) is 12.9. The van der Waals surface area contributed by atoms with Crippen LogP contribution in [-0.4, -0.2) is 17.4 Å². The van der Waals surface area contributed by atoms with Crippen LogP contribution < -0.4 is 5.73 Å². The van der Waals surface area contributed by atoms with Crippen molar-refractivity contribution in [2.24, 2.45) is 0 Å². The third-order valence-corrected chi connectivity index (χ3v) is 4.99. The second-order valence-corrected chi connectivity index (χ2v) is 6.52. The van der Waals surface area contributed by atoms with E-state index in [0.29, 0.717) is 13.0 Å². The molecule has 1 aromatic carbocycles. The molecule has 0 atom stereocenters. The van der Waals surface area contributed by atoms with Crippen molar-refractivity contribution in [1.29, 1.82) is 0 Å². The molecule has 2 N–H and O–H groups in total. The summed E-state index contributed by atoms with van der Waals surface area (Å²) in [5.74, 6) is 0.250. The van der Waals surface area contributed by atoms with Crippen molar-refractivity contribution in [1.82, 2.24) is 4.90 Å². The number of nitrogens with zero attached hydrogens (tertiary/aromatic N) is 1. The van der Waals surface area contributed by atoms with Gasteiger partial charge in [0.05, 0.1) is 0 Å². The number of carbonyl (C=O) groups is 1. The Morgan fingerprint density at radius 1 is 1.29 bits per heavy atom. The minimum absolute atomic E-state index is 0.250. The van der Waals surface area contributed by atoms with E-state index in [1.54, 1.807) is 11.3 Å². The summed E-state index contributed by atoms with van der Waals surface area (Å²) in [5, 5.41) is 2.08. The van der Waals surface area contributed by atoms with Gasteiger partial charge < -0.3 is 10.6 Å². The molecule has 0 fully saturated rings. The Kier molecular flexibility index (Phi) is 4.25. The summed E-state index contributed by atoms with van der Waals surface area (Å²) in [4.78, 5) is 15.6. The lowest BCUT2D eigenvalue weighted by Gasteiger charge is -2.29. The summed E-state index contributed by atoms with van der Waals surface area (Å²) >= 11 is 1.76. The maximum absolute atomic E-state index is 12.3. The predicted octanol–water partition coefficient (Wildman–Crippen LogP) is 3.24. The molecular weight excluding hydrogens is 280 g/mol. The summed E-state index contributed by atoms with van der Waals surface area (Å²) < 4.78 is 0. The van der Waals surface area contributed by atoms with Gasteiger partial charge in [0.2, 0.25) is 5.91 Å². The Hall–Kier alpha value is -1.81. The van der Waals surface area contributed by atoms with Gasteiger partial charge in [-0.05, 0) is 47.9 Å². The van der Waals surface area contributed by atoms with Gasteiger partial charge >= 0.3 is 0 Å². The van der Waals surface area contributed by atoms with Gasteiger partial charge in [-0.1, -0.05) is 18.2 Å². The second kappa shape index (κ2) is 6.31. The van der Waals surface area contributed by atoms with Gasteiger partial charge in [-0.25, -0.2) is 0 Å². The molecule has 1 aliphatic rings. The lowest BCUT2D eigenvalue weighted by Crippen LogP contribution is -2.36. The van der Waals surface area contributed by atoms with Crippen LogP contribution in [0.1, 0.15) is 28.8 Å². The highest BCUT2D eigenvalue weighted by Crippen LogP contribution is 2.25. The molecule has 0 spiro atoms. The second-order valence-electron chi connectivity index (χ2n) is 5.48. The van der Waals surface area contributed by atoms with Gasteiger partial charge in [-0.2, -0.15) is 0 Å². The third kappa shape index (κ3) is 3.27. The maximum Gasteiger partial charge on any atom is 0.222 e. The fourth-order valence-corrected chi connectivity index (χ4v) is 3.60. The van der Waals surface area contributed by atoms with Crippen molar-refractivity contribution in [3.8, 4) is 0 Å². The molecule has 3 nitrogen and oxygen atoms in total. The fourth-order valence-electron chi connectivity index (χ4n) is 2.85. The Morgan fingerprint density at radius 3 is 3.00 bits per heavy atom. The summed E-state index contributed by atoms with van der Waals surface area (Å²) in [6, 6.07) is 10.2. The Morgan fingerprint density at radius 2 is 2.19 bits per heavy atom. The highest BCUT2D eigenvalue weighted by atomic mass is 32.1. The van der Waals surface area contributed by atoms with Crippen LogP contribution in [0.5, 0.6) is 0 Å². The first kappa shape index (κ1) is 14.1. The molecule has 0 saturated heterocycles. The number of aryl methyl sites for hydroxylation is 1. The molecule has 1 aromatic heterocycles. The van der Waals surface area contributed by atoms with E-state index in [0.717, 1.165) is 37.1 Å². The number of thiophene rings is 1. The van der Waals surface area contributed by atoms with E-state index in [4.69, 9.17) is 5.73 Å². The van der Waals surface area contributed by atoms with Crippen LogP contribution >= 0.6 is 11.3 Å². The van der Waals surface area contributed by atoms with Gasteiger partial charge in [0, 0.05) is 30.1 Å². The van der Waals surface area contributed by atoms with E-state index in [9.17, 15) is 4.79 Å². The smallest absolute Gasteiger partial charge is 0.222 e. The molecule has 110 valence electrons. The average molecular weight is 300 g/mol. The summed E-state index contributed by atoms with van der Waals surface area (Å²) in [7, 11) is 0. The van der Waals surface area contributed by atoms with Crippen LogP contribution in [0.2, 0.25) is 0 Å². The van der Waals surface area contributed by atoms with E-state index in [1.807, 2.05) is 17.0 Å². The zero-order chi connectivity index (χ0) is 14.7. The molecule has 0 radical (unpaired) electrons. The van der Waals surface area contributed by atoms with Crippen molar-refractivity contribution in [2.75, 3.05) is 12.3 Å². The van der Waals surface area contributed by atoms with Crippen molar-refractivity contribution in [3.05, 3.63) is 51.7 Å². The number of rotatable bonds is 4. The van der Waals surface area contributed by atoms with Crippen LogP contribution in [0, 0.1) is 0 Å². The van der Waals surface area contributed by atoms with E-state index >= 15 is 0 Å². The Balaban J connectivity index is 1.55. The van der Waals surface area contributed by atoms with Crippen molar-refractivity contribution in [2.45, 2.75) is 32.2 Å². The van der Waals surface area contributed by atoms with Crippen LogP contribution in [-0.2, 0) is 24.2 Å². The number of amides is 1. The number of benzene rings is 1. The molecule has 0 bridgehead atoms. The number of nitrogens with two attached hydrogens (primary N) is 1. The highest BCUT2D eigenvalue weighted by molar-refractivity contribution is 7.09. The van der Waals surface area contributed by atoms with Gasteiger partial charge in [0.25, 0.3) is 0 Å². The topological polar surface area (TPSA) is 46.3 Å². The lowest BCUT2D eigenvalue weighted by atomic mass is 9.98. The Labute approximate surface area is 129 Å². The molecule has 2 aromatic rings. The van der Waals surface area contributed by atoms with Crippen molar-refractivity contribution in [3.63, 3.8) is 0 Å². The first-order chi connectivity index (χ1) is 10.2. The molecule has 21 heavy (non-hydrogen) atoms. The van der Waals surface area contributed by atoms with Gasteiger partial charge in [-0.15, -0.1) is 11.3 Å². The van der Waals surface area contributed by atoms with E-state index < -0.39 is 0 Å². The number of hydrogen-bond donors (Lipinski definition) is 1. The SMILES string of the molecule is Nc1cccc2c1CN(C(=O)CCCc1cccs1)CC2. The van der Waals surface area contributed by atoms with Crippen molar-refractivity contribution < 1.29 is 4.79 Å². The number of fused-ring (bicyclic) bond motifs is 1. The molecule has 0 saturated carbocycles.